The molecule has 96 valence electrons. The Bertz CT molecular complexity index is 451. The number of hydrogen-bond acceptors (Lipinski definition) is 4. The number of unbranched alkanes of at least 4 members (excludes halogenated alkanes) is 1. The van der Waals surface area contributed by atoms with Gasteiger partial charge < -0.3 is 5.73 Å². The van der Waals surface area contributed by atoms with Crippen LogP contribution in [-0.2, 0) is 19.4 Å². The third-order valence-corrected chi connectivity index (χ3v) is 2.85. The van der Waals surface area contributed by atoms with Crippen molar-refractivity contribution in [1.82, 2.24) is 20.0 Å². The van der Waals surface area contributed by atoms with Crippen molar-refractivity contribution in [3.05, 3.63) is 42.0 Å². The van der Waals surface area contributed by atoms with E-state index in [0.717, 1.165) is 44.5 Å². The first-order valence-electron chi connectivity index (χ1n) is 6.36. The van der Waals surface area contributed by atoms with Crippen molar-refractivity contribution < 1.29 is 0 Å². The molecule has 2 aromatic rings. The predicted octanol–water partition coefficient (Wildman–Crippen LogP) is 1.20. The lowest BCUT2D eigenvalue weighted by molar-refractivity contribution is 0.588. The van der Waals surface area contributed by atoms with Gasteiger partial charge in [-0.25, -0.2) is 0 Å². The summed E-state index contributed by atoms with van der Waals surface area (Å²) in [5.41, 5.74) is 7.79. The molecule has 0 saturated carbocycles. The van der Waals surface area contributed by atoms with Gasteiger partial charge in [-0.05, 0) is 49.9 Å². The molecule has 2 N–H and O–H groups in total. The van der Waals surface area contributed by atoms with Crippen molar-refractivity contribution in [3.8, 4) is 0 Å². The number of aryl methyl sites for hydroxylation is 3. The summed E-state index contributed by atoms with van der Waals surface area (Å²) >= 11 is 0. The predicted molar refractivity (Wildman–Crippen MR) is 70.0 cm³/mol. The lowest BCUT2D eigenvalue weighted by atomic mass is 10.2. The number of hydrogen-bond donors (Lipinski definition) is 1. The van der Waals surface area contributed by atoms with Crippen LogP contribution in [0.4, 0.5) is 0 Å². The lowest BCUT2D eigenvalue weighted by Gasteiger charge is -2.00. The highest BCUT2D eigenvalue weighted by Crippen LogP contribution is 2.03. The van der Waals surface area contributed by atoms with E-state index in [9.17, 15) is 0 Å². The smallest absolute Gasteiger partial charge is 0.0827 e. The van der Waals surface area contributed by atoms with Crippen LogP contribution in [-0.4, -0.2) is 26.5 Å². The van der Waals surface area contributed by atoms with Crippen LogP contribution >= 0.6 is 0 Å². The van der Waals surface area contributed by atoms with Gasteiger partial charge in [0.05, 0.1) is 5.69 Å². The summed E-state index contributed by atoms with van der Waals surface area (Å²) in [6, 6.07) is 4.05. The molecule has 0 aliphatic carbocycles. The minimum atomic E-state index is 0.746. The molecule has 0 fully saturated rings. The number of rotatable bonds is 7. The number of pyridine rings is 1. The third-order valence-electron chi connectivity index (χ3n) is 2.85. The van der Waals surface area contributed by atoms with Gasteiger partial charge in [-0.2, -0.15) is 0 Å². The maximum atomic E-state index is 5.46. The van der Waals surface area contributed by atoms with Crippen molar-refractivity contribution in [2.45, 2.75) is 32.2 Å². The molecule has 2 rings (SSSR count). The Morgan fingerprint density at radius 2 is 1.94 bits per heavy atom. The van der Waals surface area contributed by atoms with E-state index >= 15 is 0 Å². The van der Waals surface area contributed by atoms with E-state index in [4.69, 9.17) is 5.73 Å². The summed E-state index contributed by atoms with van der Waals surface area (Å²) in [6.45, 7) is 1.60. The quantitative estimate of drug-likeness (QED) is 0.744. The summed E-state index contributed by atoms with van der Waals surface area (Å²) in [5.74, 6) is 0. The first-order chi connectivity index (χ1) is 8.88. The average Bonchev–Trinajstić information content (AvgIpc) is 2.86. The third kappa shape index (κ3) is 3.92. The molecule has 2 heterocycles. The first kappa shape index (κ1) is 12.7. The number of nitrogens with two attached hydrogens (primary N) is 1. The summed E-state index contributed by atoms with van der Waals surface area (Å²) in [6.07, 6.45) is 9.70. The van der Waals surface area contributed by atoms with Gasteiger partial charge in [-0.3, -0.25) is 9.67 Å². The van der Waals surface area contributed by atoms with Crippen LogP contribution in [0.25, 0.3) is 0 Å². The van der Waals surface area contributed by atoms with Gasteiger partial charge in [0, 0.05) is 25.1 Å². The van der Waals surface area contributed by atoms with Gasteiger partial charge in [0.25, 0.3) is 0 Å². The molecule has 0 aliphatic rings. The van der Waals surface area contributed by atoms with Crippen molar-refractivity contribution in [2.75, 3.05) is 6.54 Å². The highest BCUT2D eigenvalue weighted by atomic mass is 15.4. The van der Waals surface area contributed by atoms with Gasteiger partial charge in [0.15, 0.2) is 0 Å². The normalized spacial score (nSPS) is 10.7. The fraction of sp³-hybridized carbons (Fsp3) is 0.462. The SMILES string of the molecule is NCCCCc1cn(CCc2ccncc2)nn1. The summed E-state index contributed by atoms with van der Waals surface area (Å²) in [4.78, 5) is 4.00. The molecule has 0 aromatic carbocycles. The monoisotopic (exact) mass is 245 g/mol. The maximum absolute atomic E-state index is 5.46. The van der Waals surface area contributed by atoms with E-state index in [1.54, 1.807) is 0 Å². The molecule has 5 heteroatoms. The standard InChI is InChI=1S/C13H19N5/c14-7-2-1-3-13-11-18(17-16-13)10-6-12-4-8-15-9-5-12/h4-5,8-9,11H,1-3,6-7,10,14H2. The second-order valence-electron chi connectivity index (χ2n) is 4.32. The zero-order chi connectivity index (χ0) is 12.6. The van der Waals surface area contributed by atoms with Gasteiger partial charge in [-0.1, -0.05) is 5.21 Å². The highest BCUT2D eigenvalue weighted by Gasteiger charge is 2.01. The van der Waals surface area contributed by atoms with Gasteiger partial charge in [-0.15, -0.1) is 5.10 Å². The fourth-order valence-electron chi connectivity index (χ4n) is 1.81. The fourth-order valence-corrected chi connectivity index (χ4v) is 1.81. The Morgan fingerprint density at radius 1 is 1.11 bits per heavy atom. The molecular weight excluding hydrogens is 226 g/mol. The van der Waals surface area contributed by atoms with E-state index in [0.29, 0.717) is 0 Å². The van der Waals surface area contributed by atoms with Crippen LogP contribution in [0.5, 0.6) is 0 Å². The minimum absolute atomic E-state index is 0.746. The van der Waals surface area contributed by atoms with Crippen LogP contribution in [0.2, 0.25) is 0 Å². The van der Waals surface area contributed by atoms with E-state index < -0.39 is 0 Å². The molecular formula is C13H19N5. The first-order valence-corrected chi connectivity index (χ1v) is 6.36. The second kappa shape index (κ2) is 6.86. The van der Waals surface area contributed by atoms with Gasteiger partial charge >= 0.3 is 0 Å². The molecule has 2 aromatic heterocycles. The second-order valence-corrected chi connectivity index (χ2v) is 4.32. The Morgan fingerprint density at radius 3 is 2.72 bits per heavy atom. The molecule has 0 saturated heterocycles. The highest BCUT2D eigenvalue weighted by molar-refractivity contribution is 5.09. The van der Waals surface area contributed by atoms with Gasteiger partial charge in [0.2, 0.25) is 0 Å². The summed E-state index contributed by atoms with van der Waals surface area (Å²) < 4.78 is 1.90. The lowest BCUT2D eigenvalue weighted by Crippen LogP contribution is -2.02. The van der Waals surface area contributed by atoms with Crippen LogP contribution in [0, 0.1) is 0 Å². The Hall–Kier alpha value is -1.75. The topological polar surface area (TPSA) is 69.6 Å². The average molecular weight is 245 g/mol. The molecule has 5 nitrogen and oxygen atoms in total. The molecule has 18 heavy (non-hydrogen) atoms. The van der Waals surface area contributed by atoms with Crippen molar-refractivity contribution in [3.63, 3.8) is 0 Å². The molecule has 0 amide bonds. The van der Waals surface area contributed by atoms with E-state index in [1.807, 2.05) is 35.4 Å². The number of nitrogens with zero attached hydrogens (tertiary/aromatic N) is 4. The van der Waals surface area contributed by atoms with E-state index in [2.05, 4.69) is 15.3 Å². The molecule has 0 bridgehead atoms. The van der Waals surface area contributed by atoms with Crippen molar-refractivity contribution in [2.24, 2.45) is 5.73 Å². The van der Waals surface area contributed by atoms with Crippen LogP contribution in [0.1, 0.15) is 24.1 Å². The van der Waals surface area contributed by atoms with E-state index in [-0.39, 0.29) is 0 Å². The van der Waals surface area contributed by atoms with Crippen molar-refractivity contribution in [1.29, 1.82) is 0 Å². The van der Waals surface area contributed by atoms with Crippen molar-refractivity contribution >= 4 is 0 Å². The van der Waals surface area contributed by atoms with E-state index in [1.165, 1.54) is 5.56 Å². The Kier molecular flexibility index (Phi) is 4.84. The molecule has 0 atom stereocenters. The summed E-state index contributed by atoms with van der Waals surface area (Å²) in [7, 11) is 0. The molecule has 0 spiro atoms. The van der Waals surface area contributed by atoms with Crippen LogP contribution in [0.3, 0.4) is 0 Å². The maximum Gasteiger partial charge on any atom is 0.0827 e. The molecule has 0 aliphatic heterocycles. The number of aromatic nitrogens is 4. The van der Waals surface area contributed by atoms with Gasteiger partial charge in [0.1, 0.15) is 0 Å². The zero-order valence-electron chi connectivity index (χ0n) is 10.5. The largest absolute Gasteiger partial charge is 0.330 e. The Labute approximate surface area is 107 Å². The van der Waals surface area contributed by atoms with Crippen LogP contribution < -0.4 is 5.73 Å². The summed E-state index contributed by atoms with van der Waals surface area (Å²) in [5, 5.41) is 8.29. The molecule has 0 unspecified atom stereocenters. The molecule has 0 radical (unpaired) electrons. The minimum Gasteiger partial charge on any atom is -0.330 e. The zero-order valence-corrected chi connectivity index (χ0v) is 10.5. The Balaban J connectivity index is 1.80. The van der Waals surface area contributed by atoms with Crippen LogP contribution in [0.15, 0.2) is 30.7 Å².